The summed E-state index contributed by atoms with van der Waals surface area (Å²) in [5, 5.41) is 21.3. The fraction of sp³-hybridized carbons (Fsp3) is 0.533. The number of likely N-dealkylation sites (N-methyl/N-ethyl adjacent to an activating group) is 1. The van der Waals surface area contributed by atoms with Crippen molar-refractivity contribution in [3.63, 3.8) is 0 Å². The van der Waals surface area contributed by atoms with Gasteiger partial charge in [-0.1, -0.05) is 13.0 Å². The first-order valence-corrected chi connectivity index (χ1v) is 6.85. The van der Waals surface area contributed by atoms with Gasteiger partial charge in [0.2, 0.25) is 5.91 Å². The minimum absolute atomic E-state index is 0.326. The Bertz CT molecular complexity index is 584. The second kappa shape index (κ2) is 4.04. The van der Waals surface area contributed by atoms with Gasteiger partial charge < -0.3 is 15.9 Å². The monoisotopic (exact) mass is 276 g/mol. The minimum Gasteiger partial charge on any atom is -0.366 e. The predicted octanol–water partition coefficient (Wildman–Crippen LogP) is -0.0157. The van der Waals surface area contributed by atoms with Gasteiger partial charge in [0.1, 0.15) is 0 Å². The summed E-state index contributed by atoms with van der Waals surface area (Å²) in [4.78, 5) is 13.4. The molecule has 108 valence electrons. The molecule has 4 N–H and O–H groups in total. The van der Waals surface area contributed by atoms with E-state index >= 15 is 0 Å². The summed E-state index contributed by atoms with van der Waals surface area (Å²) in [6, 6.07) is 4.99. The Kier molecular flexibility index (Phi) is 2.73. The highest BCUT2D eigenvalue weighted by atomic mass is 16.5. The molecule has 1 fully saturated rings. The summed E-state index contributed by atoms with van der Waals surface area (Å²) < 4.78 is 0. The summed E-state index contributed by atoms with van der Waals surface area (Å²) >= 11 is 0. The normalized spacial score (nSPS) is 31.7. The van der Waals surface area contributed by atoms with Gasteiger partial charge in [-0.15, -0.1) is 0 Å². The molecule has 1 amide bonds. The molecule has 2 atom stereocenters. The maximum atomic E-state index is 11.4. The Morgan fingerprint density at radius 3 is 2.80 bits per heavy atom. The minimum atomic E-state index is -1.80. The number of likely N-dealkylation sites (tertiary alicyclic amines) is 1. The van der Waals surface area contributed by atoms with Crippen molar-refractivity contribution in [3.05, 3.63) is 34.9 Å². The molecule has 1 aliphatic heterocycles. The zero-order valence-electron chi connectivity index (χ0n) is 11.8. The van der Waals surface area contributed by atoms with Crippen molar-refractivity contribution in [1.82, 2.24) is 4.90 Å². The Morgan fingerprint density at radius 1 is 1.45 bits per heavy atom. The molecule has 2 unspecified atom stereocenters. The van der Waals surface area contributed by atoms with E-state index in [9.17, 15) is 15.0 Å². The highest BCUT2D eigenvalue weighted by Gasteiger charge is 2.59. The number of nitrogens with zero attached hydrogens (tertiary/aromatic N) is 1. The van der Waals surface area contributed by atoms with E-state index in [0.717, 1.165) is 17.7 Å². The molecule has 3 rings (SSSR count). The van der Waals surface area contributed by atoms with E-state index in [4.69, 9.17) is 5.73 Å². The van der Waals surface area contributed by atoms with E-state index in [1.807, 2.05) is 24.9 Å². The third-order valence-electron chi connectivity index (χ3n) is 5.18. The molecular weight excluding hydrogens is 256 g/mol. The number of rotatable bonds is 1. The Labute approximate surface area is 118 Å². The van der Waals surface area contributed by atoms with Crippen LogP contribution in [0.5, 0.6) is 0 Å². The first-order valence-electron chi connectivity index (χ1n) is 6.85. The van der Waals surface area contributed by atoms with Crippen molar-refractivity contribution in [2.45, 2.75) is 37.0 Å². The number of piperidine rings is 1. The first kappa shape index (κ1) is 13.5. The van der Waals surface area contributed by atoms with E-state index in [-0.39, 0.29) is 6.04 Å². The van der Waals surface area contributed by atoms with Crippen LogP contribution >= 0.6 is 0 Å². The molecule has 2 aliphatic rings. The van der Waals surface area contributed by atoms with Gasteiger partial charge in [-0.05, 0) is 49.7 Å². The number of carbonyl (C=O) groups excluding carboxylic acids is 1. The molecule has 1 aromatic carbocycles. The molecule has 0 radical (unpaired) electrons. The van der Waals surface area contributed by atoms with Gasteiger partial charge in [-0.25, -0.2) is 0 Å². The van der Waals surface area contributed by atoms with Crippen LogP contribution in [-0.2, 0) is 11.8 Å². The van der Waals surface area contributed by atoms with Crippen molar-refractivity contribution in [2.24, 2.45) is 5.73 Å². The fourth-order valence-corrected chi connectivity index (χ4v) is 3.68. The van der Waals surface area contributed by atoms with E-state index in [1.54, 1.807) is 12.1 Å². The summed E-state index contributed by atoms with van der Waals surface area (Å²) in [6.07, 6.45) is 1.19. The van der Waals surface area contributed by atoms with Crippen LogP contribution < -0.4 is 5.73 Å². The number of nitrogens with two attached hydrogens (primary N) is 1. The van der Waals surface area contributed by atoms with Crippen LogP contribution in [0.3, 0.4) is 0 Å². The molecule has 1 saturated heterocycles. The van der Waals surface area contributed by atoms with Crippen LogP contribution in [0.25, 0.3) is 0 Å². The molecule has 0 saturated carbocycles. The van der Waals surface area contributed by atoms with Crippen molar-refractivity contribution in [3.8, 4) is 0 Å². The van der Waals surface area contributed by atoms with Gasteiger partial charge in [0.15, 0.2) is 5.79 Å². The number of primary amides is 1. The van der Waals surface area contributed by atoms with Crippen LogP contribution in [0.2, 0.25) is 0 Å². The Balaban J connectivity index is 2.20. The molecule has 1 heterocycles. The van der Waals surface area contributed by atoms with Gasteiger partial charge in [-0.2, -0.15) is 0 Å². The second-order valence-electron chi connectivity index (χ2n) is 6.24. The Morgan fingerprint density at radius 2 is 2.15 bits per heavy atom. The molecule has 0 spiro atoms. The second-order valence-corrected chi connectivity index (χ2v) is 6.24. The molecule has 2 bridgehead atoms. The highest BCUT2D eigenvalue weighted by molar-refractivity contribution is 5.93. The third kappa shape index (κ3) is 1.57. The van der Waals surface area contributed by atoms with E-state index in [0.29, 0.717) is 18.4 Å². The van der Waals surface area contributed by atoms with Crippen LogP contribution in [0.4, 0.5) is 0 Å². The van der Waals surface area contributed by atoms with Crippen molar-refractivity contribution in [1.29, 1.82) is 0 Å². The summed E-state index contributed by atoms with van der Waals surface area (Å²) in [7, 11) is 1.91. The molecule has 5 nitrogen and oxygen atoms in total. The number of benzene rings is 1. The van der Waals surface area contributed by atoms with E-state index in [2.05, 4.69) is 0 Å². The average Bonchev–Trinajstić information content (AvgIpc) is 2.38. The molecule has 1 aromatic rings. The zero-order chi connectivity index (χ0) is 14.7. The van der Waals surface area contributed by atoms with Crippen LogP contribution in [0, 0.1) is 0 Å². The van der Waals surface area contributed by atoms with E-state index in [1.165, 1.54) is 0 Å². The maximum Gasteiger partial charge on any atom is 0.248 e. The van der Waals surface area contributed by atoms with Crippen molar-refractivity contribution in [2.75, 3.05) is 13.6 Å². The van der Waals surface area contributed by atoms with Gasteiger partial charge in [0, 0.05) is 11.0 Å². The quantitative estimate of drug-likeness (QED) is 0.629. The van der Waals surface area contributed by atoms with Crippen molar-refractivity contribution < 1.29 is 15.0 Å². The molecular formula is C15H20N2O3. The highest BCUT2D eigenvalue weighted by Crippen LogP contribution is 2.49. The number of amides is 1. The predicted molar refractivity (Wildman–Crippen MR) is 74.2 cm³/mol. The lowest BCUT2D eigenvalue weighted by molar-refractivity contribution is -0.270. The van der Waals surface area contributed by atoms with E-state index < -0.39 is 17.1 Å². The molecule has 1 aliphatic carbocycles. The third-order valence-corrected chi connectivity index (χ3v) is 5.18. The number of carbonyl (C=O) groups is 1. The Hall–Kier alpha value is -1.43. The lowest BCUT2D eigenvalue weighted by Gasteiger charge is -2.57. The largest absolute Gasteiger partial charge is 0.366 e. The molecule has 20 heavy (non-hydrogen) atoms. The van der Waals surface area contributed by atoms with Gasteiger partial charge in [-0.3, -0.25) is 9.69 Å². The maximum absolute atomic E-state index is 11.4. The van der Waals surface area contributed by atoms with Crippen LogP contribution in [0.1, 0.15) is 34.8 Å². The fourth-order valence-electron chi connectivity index (χ4n) is 3.68. The lowest BCUT2D eigenvalue weighted by Crippen LogP contribution is -2.69. The first-order chi connectivity index (χ1) is 9.27. The molecule has 5 heteroatoms. The van der Waals surface area contributed by atoms with Crippen LogP contribution in [-0.4, -0.2) is 46.4 Å². The number of hydrogen-bond donors (Lipinski definition) is 3. The SMILES string of the molecule is CN1CCC2(C)c3cc(C(N)=O)ccc3CC1C2(O)O. The number of hydrogen-bond acceptors (Lipinski definition) is 4. The number of fused-ring (bicyclic) bond motifs is 4. The average molecular weight is 276 g/mol. The molecule has 0 aromatic heterocycles. The standard InChI is InChI=1S/C15H20N2O3/c1-14-5-6-17(2)12(15(14,19)20)8-9-3-4-10(13(16)18)7-11(9)14/h3-4,7,12,19-20H,5-6,8H2,1-2H3,(H2,16,18). The van der Waals surface area contributed by atoms with Crippen molar-refractivity contribution >= 4 is 5.91 Å². The van der Waals surface area contributed by atoms with Crippen LogP contribution in [0.15, 0.2) is 18.2 Å². The van der Waals surface area contributed by atoms with Gasteiger partial charge >= 0.3 is 0 Å². The summed E-state index contributed by atoms with van der Waals surface area (Å²) in [5.41, 5.74) is 6.88. The lowest BCUT2D eigenvalue weighted by atomic mass is 9.60. The zero-order valence-corrected chi connectivity index (χ0v) is 11.8. The van der Waals surface area contributed by atoms with Gasteiger partial charge in [0.25, 0.3) is 0 Å². The smallest absolute Gasteiger partial charge is 0.248 e. The topological polar surface area (TPSA) is 86.8 Å². The summed E-state index contributed by atoms with van der Waals surface area (Å²) in [5.74, 6) is -2.29. The van der Waals surface area contributed by atoms with Gasteiger partial charge in [0.05, 0.1) is 6.04 Å². The number of aliphatic hydroxyl groups is 2. The summed E-state index contributed by atoms with van der Waals surface area (Å²) in [6.45, 7) is 2.65.